The molecule has 0 aliphatic carbocycles. The van der Waals surface area contributed by atoms with Gasteiger partial charge in [-0.1, -0.05) is 6.07 Å². The molecule has 0 unspecified atom stereocenters. The molecular weight excluding hydrogens is 360 g/mol. The van der Waals surface area contributed by atoms with E-state index >= 15 is 0 Å². The van der Waals surface area contributed by atoms with Gasteiger partial charge in [0.2, 0.25) is 5.91 Å². The molecule has 2 aromatic heterocycles. The van der Waals surface area contributed by atoms with E-state index in [1.54, 1.807) is 18.2 Å². The van der Waals surface area contributed by atoms with Crippen molar-refractivity contribution in [2.24, 2.45) is 0 Å². The second kappa shape index (κ2) is 8.34. The molecule has 0 aliphatic heterocycles. The minimum Gasteiger partial charge on any atom is -0.467 e. The molecule has 0 saturated heterocycles. The lowest BCUT2D eigenvalue weighted by molar-refractivity contribution is -0.122. The number of nitrogens with zero attached hydrogens (tertiary/aromatic N) is 2. The Kier molecular flexibility index (Phi) is 5.69. The zero-order valence-electron chi connectivity index (χ0n) is 15.6. The van der Waals surface area contributed by atoms with Crippen molar-refractivity contribution in [1.82, 2.24) is 15.1 Å². The quantitative estimate of drug-likeness (QED) is 0.680. The van der Waals surface area contributed by atoms with Gasteiger partial charge in [0.1, 0.15) is 18.0 Å². The molecule has 0 spiro atoms. The van der Waals surface area contributed by atoms with E-state index in [0.29, 0.717) is 11.4 Å². The molecule has 0 radical (unpaired) electrons. The molecule has 0 aliphatic rings. The summed E-state index contributed by atoms with van der Waals surface area (Å²) in [4.78, 5) is 36.5. The van der Waals surface area contributed by atoms with Crippen LogP contribution in [0.4, 0.5) is 5.69 Å². The molecule has 0 bridgehead atoms. The van der Waals surface area contributed by atoms with Crippen molar-refractivity contribution >= 4 is 17.5 Å². The zero-order valence-corrected chi connectivity index (χ0v) is 15.6. The van der Waals surface area contributed by atoms with E-state index in [-0.39, 0.29) is 18.8 Å². The van der Waals surface area contributed by atoms with Crippen molar-refractivity contribution < 1.29 is 14.0 Å². The second-order valence-electron chi connectivity index (χ2n) is 6.32. The summed E-state index contributed by atoms with van der Waals surface area (Å²) in [7, 11) is 0. The number of hydrogen-bond acceptors (Lipinski definition) is 5. The fourth-order valence-electron chi connectivity index (χ4n) is 2.49. The first-order valence-corrected chi connectivity index (χ1v) is 8.68. The van der Waals surface area contributed by atoms with Crippen LogP contribution < -0.4 is 16.2 Å². The lowest BCUT2D eigenvalue weighted by Gasteiger charge is -2.09. The number of aromatic nitrogens is 2. The second-order valence-corrected chi connectivity index (χ2v) is 6.32. The Morgan fingerprint density at radius 3 is 2.64 bits per heavy atom. The SMILES string of the molecule is Cc1ccc(NC(=O)c2ccc(=O)n(CC(=O)NCc3ccco3)n2)cc1C. The smallest absolute Gasteiger partial charge is 0.276 e. The third-order valence-corrected chi connectivity index (χ3v) is 4.20. The predicted octanol–water partition coefficient (Wildman–Crippen LogP) is 2.02. The zero-order chi connectivity index (χ0) is 20.1. The number of nitrogens with one attached hydrogen (secondary N) is 2. The summed E-state index contributed by atoms with van der Waals surface area (Å²) in [5.41, 5.74) is 2.35. The van der Waals surface area contributed by atoms with Crippen LogP contribution >= 0.6 is 0 Å². The first-order chi connectivity index (χ1) is 13.4. The van der Waals surface area contributed by atoms with Crippen molar-refractivity contribution in [2.75, 3.05) is 5.32 Å². The van der Waals surface area contributed by atoms with Gasteiger partial charge in [-0.25, -0.2) is 4.68 Å². The van der Waals surface area contributed by atoms with E-state index in [1.165, 1.54) is 18.4 Å². The number of amides is 2. The molecule has 3 rings (SSSR count). The molecule has 0 saturated carbocycles. The fourth-order valence-corrected chi connectivity index (χ4v) is 2.49. The molecule has 28 heavy (non-hydrogen) atoms. The summed E-state index contributed by atoms with van der Waals surface area (Å²) < 4.78 is 6.08. The van der Waals surface area contributed by atoms with E-state index in [4.69, 9.17) is 4.42 Å². The number of aryl methyl sites for hydroxylation is 2. The van der Waals surface area contributed by atoms with Gasteiger partial charge in [-0.05, 0) is 55.3 Å². The summed E-state index contributed by atoms with van der Waals surface area (Å²) in [5, 5.41) is 9.37. The van der Waals surface area contributed by atoms with E-state index in [0.717, 1.165) is 15.8 Å². The fraction of sp³-hybridized carbons (Fsp3) is 0.200. The highest BCUT2D eigenvalue weighted by atomic mass is 16.3. The molecule has 2 heterocycles. The van der Waals surface area contributed by atoms with Crippen molar-refractivity contribution in [1.29, 1.82) is 0 Å². The Hall–Kier alpha value is -3.68. The van der Waals surface area contributed by atoms with E-state index in [9.17, 15) is 14.4 Å². The van der Waals surface area contributed by atoms with Crippen LogP contribution in [0.3, 0.4) is 0 Å². The highest BCUT2D eigenvalue weighted by Crippen LogP contribution is 2.14. The maximum atomic E-state index is 12.4. The Balaban J connectivity index is 1.67. The van der Waals surface area contributed by atoms with Crippen LogP contribution in [0.5, 0.6) is 0 Å². The van der Waals surface area contributed by atoms with Crippen molar-refractivity contribution in [2.45, 2.75) is 26.9 Å². The minimum absolute atomic E-state index is 0.0386. The summed E-state index contributed by atoms with van der Waals surface area (Å²) in [6, 6.07) is 11.5. The molecule has 2 amide bonds. The number of carbonyl (C=O) groups excluding carboxylic acids is 2. The number of hydrogen-bond donors (Lipinski definition) is 2. The molecule has 0 fully saturated rings. The van der Waals surface area contributed by atoms with Crippen LogP contribution in [-0.2, 0) is 17.9 Å². The van der Waals surface area contributed by atoms with E-state index < -0.39 is 17.4 Å². The first-order valence-electron chi connectivity index (χ1n) is 8.68. The van der Waals surface area contributed by atoms with Gasteiger partial charge in [0.25, 0.3) is 11.5 Å². The average molecular weight is 380 g/mol. The van der Waals surface area contributed by atoms with Crippen molar-refractivity contribution in [3.8, 4) is 0 Å². The van der Waals surface area contributed by atoms with E-state index in [2.05, 4.69) is 15.7 Å². The van der Waals surface area contributed by atoms with Gasteiger partial charge in [-0.2, -0.15) is 5.10 Å². The Morgan fingerprint density at radius 2 is 1.93 bits per heavy atom. The normalized spacial score (nSPS) is 10.5. The first kappa shape index (κ1) is 19.1. The lowest BCUT2D eigenvalue weighted by atomic mass is 10.1. The number of benzene rings is 1. The molecule has 2 N–H and O–H groups in total. The van der Waals surface area contributed by atoms with Gasteiger partial charge in [0, 0.05) is 11.8 Å². The van der Waals surface area contributed by atoms with Crippen LogP contribution in [0.25, 0.3) is 0 Å². The standard InChI is InChI=1S/C20H20N4O4/c1-13-5-6-15(10-14(13)2)22-20(27)17-7-8-19(26)24(23-17)12-18(25)21-11-16-4-3-9-28-16/h3-10H,11-12H2,1-2H3,(H,21,25)(H,22,27). The van der Waals surface area contributed by atoms with Crippen LogP contribution in [0.1, 0.15) is 27.4 Å². The van der Waals surface area contributed by atoms with Gasteiger partial charge >= 0.3 is 0 Å². The summed E-state index contributed by atoms with van der Waals surface area (Å²) >= 11 is 0. The maximum absolute atomic E-state index is 12.4. The number of carbonyl (C=O) groups is 2. The molecule has 144 valence electrons. The Morgan fingerprint density at radius 1 is 1.11 bits per heavy atom. The third kappa shape index (κ3) is 4.73. The van der Waals surface area contributed by atoms with Gasteiger partial charge in [-0.15, -0.1) is 0 Å². The monoisotopic (exact) mass is 380 g/mol. The van der Waals surface area contributed by atoms with Crippen molar-refractivity contribution in [3.63, 3.8) is 0 Å². The molecule has 0 atom stereocenters. The number of rotatable bonds is 6. The summed E-state index contributed by atoms with van der Waals surface area (Å²) in [5.74, 6) is -0.291. The molecule has 8 heteroatoms. The van der Waals surface area contributed by atoms with Gasteiger partial charge in [0.05, 0.1) is 12.8 Å². The molecule has 3 aromatic rings. The van der Waals surface area contributed by atoms with Gasteiger partial charge in [-0.3, -0.25) is 14.4 Å². The molecule has 1 aromatic carbocycles. The minimum atomic E-state index is -0.476. The Bertz CT molecular complexity index is 1050. The predicted molar refractivity (Wildman–Crippen MR) is 103 cm³/mol. The number of furan rings is 1. The molecule has 8 nitrogen and oxygen atoms in total. The van der Waals surface area contributed by atoms with E-state index in [1.807, 2.05) is 26.0 Å². The van der Waals surface area contributed by atoms with Crippen LogP contribution in [0.15, 0.2) is 57.9 Å². The highest BCUT2D eigenvalue weighted by molar-refractivity contribution is 6.02. The average Bonchev–Trinajstić information content (AvgIpc) is 3.18. The van der Waals surface area contributed by atoms with Crippen molar-refractivity contribution in [3.05, 3.63) is 81.7 Å². The maximum Gasteiger partial charge on any atom is 0.276 e. The Labute approximate surface area is 161 Å². The topological polar surface area (TPSA) is 106 Å². The largest absolute Gasteiger partial charge is 0.467 e. The lowest BCUT2D eigenvalue weighted by Crippen LogP contribution is -2.34. The third-order valence-electron chi connectivity index (χ3n) is 4.20. The van der Waals surface area contributed by atoms with Crippen LogP contribution in [-0.4, -0.2) is 21.6 Å². The summed E-state index contributed by atoms with van der Waals surface area (Å²) in [6.07, 6.45) is 1.51. The van der Waals surface area contributed by atoms with Crippen LogP contribution in [0.2, 0.25) is 0 Å². The summed E-state index contributed by atoms with van der Waals surface area (Å²) in [6.45, 7) is 3.83. The van der Waals surface area contributed by atoms with Crippen LogP contribution in [0, 0.1) is 13.8 Å². The van der Waals surface area contributed by atoms with Gasteiger partial charge < -0.3 is 15.1 Å². The molecular formula is C20H20N4O4. The highest BCUT2D eigenvalue weighted by Gasteiger charge is 2.12. The van der Waals surface area contributed by atoms with Gasteiger partial charge in [0.15, 0.2) is 0 Å². The number of anilines is 1.